The van der Waals surface area contributed by atoms with Crippen molar-refractivity contribution < 1.29 is 24.2 Å². The van der Waals surface area contributed by atoms with Gasteiger partial charge in [0.1, 0.15) is 24.2 Å². The summed E-state index contributed by atoms with van der Waals surface area (Å²) in [5.74, 6) is 0.314. The first-order chi connectivity index (χ1) is 13.3. The molecule has 2 aromatic rings. The van der Waals surface area contributed by atoms with Crippen molar-refractivity contribution in [2.45, 2.75) is 64.3 Å². The summed E-state index contributed by atoms with van der Waals surface area (Å²) in [4.78, 5) is 12.6. The van der Waals surface area contributed by atoms with E-state index in [0.29, 0.717) is 11.7 Å². The number of ether oxygens (including phenoxy) is 1. The molecule has 1 heterocycles. The highest BCUT2D eigenvalue weighted by molar-refractivity contribution is 5.75. The van der Waals surface area contributed by atoms with Gasteiger partial charge in [0, 0.05) is 5.92 Å². The maximum absolute atomic E-state index is 12.6. The number of benzene rings is 1. The van der Waals surface area contributed by atoms with Crippen molar-refractivity contribution in [2.24, 2.45) is 11.8 Å². The molecule has 0 radical (unpaired) electrons. The largest absolute Gasteiger partial charge is 0.460 e. The van der Waals surface area contributed by atoms with Crippen LogP contribution in [0.1, 0.15) is 63.2 Å². The lowest BCUT2D eigenvalue weighted by atomic mass is 9.64. The van der Waals surface area contributed by atoms with Gasteiger partial charge in [-0.3, -0.25) is 0 Å². The third-order valence-electron chi connectivity index (χ3n) is 6.10. The molecule has 1 saturated carbocycles. The Morgan fingerprint density at radius 1 is 1.21 bits per heavy atom. The molecule has 152 valence electrons. The van der Waals surface area contributed by atoms with Crippen LogP contribution >= 0.6 is 0 Å². The van der Waals surface area contributed by atoms with E-state index in [-0.39, 0.29) is 29.8 Å². The quantitative estimate of drug-likeness (QED) is 0.730. The van der Waals surface area contributed by atoms with Gasteiger partial charge in [-0.2, -0.15) is 0 Å². The molecular formula is C23H30O5. The topological polar surface area (TPSA) is 79.9 Å². The van der Waals surface area contributed by atoms with E-state index in [2.05, 4.69) is 32.9 Å². The highest BCUT2D eigenvalue weighted by Gasteiger charge is 2.42. The van der Waals surface area contributed by atoms with E-state index in [1.54, 1.807) is 0 Å². The standard InChI is InChI=1S/C23H30O5/c1-15-9-11-18(23(2,3)16-7-5-4-6-8-16)20(13-15)28-22(26)21(25)19-12-10-17(14-24)27-19/h4-8,10,12,15,18,20-21,24-25H,9,11,13-14H2,1-3H3/t15-,18-,20-,21-/m1/s1. The van der Waals surface area contributed by atoms with E-state index >= 15 is 0 Å². The summed E-state index contributed by atoms with van der Waals surface area (Å²) < 4.78 is 11.1. The number of carbonyl (C=O) groups is 1. The first kappa shape index (κ1) is 20.6. The lowest BCUT2D eigenvalue weighted by Crippen LogP contribution is -2.44. The van der Waals surface area contributed by atoms with Crippen LogP contribution in [0.5, 0.6) is 0 Å². The summed E-state index contributed by atoms with van der Waals surface area (Å²) in [5, 5.41) is 19.5. The van der Waals surface area contributed by atoms with Gasteiger partial charge in [0.2, 0.25) is 6.10 Å². The number of esters is 1. The average Bonchev–Trinajstić information content (AvgIpc) is 3.17. The van der Waals surface area contributed by atoms with Crippen LogP contribution in [-0.4, -0.2) is 22.3 Å². The smallest absolute Gasteiger partial charge is 0.343 e. The molecule has 1 aromatic carbocycles. The Hall–Kier alpha value is -2.11. The van der Waals surface area contributed by atoms with Crippen LogP contribution in [0.25, 0.3) is 0 Å². The Balaban J connectivity index is 1.77. The van der Waals surface area contributed by atoms with Crippen molar-refractivity contribution in [3.8, 4) is 0 Å². The normalized spacial score (nSPS) is 24.0. The molecular weight excluding hydrogens is 356 g/mol. The van der Waals surface area contributed by atoms with Crippen LogP contribution in [-0.2, 0) is 21.6 Å². The monoisotopic (exact) mass is 386 g/mol. The Kier molecular flexibility index (Phi) is 6.26. The first-order valence-electron chi connectivity index (χ1n) is 9.96. The number of hydrogen-bond acceptors (Lipinski definition) is 5. The van der Waals surface area contributed by atoms with Gasteiger partial charge < -0.3 is 19.4 Å². The van der Waals surface area contributed by atoms with Gasteiger partial charge in [-0.1, -0.05) is 57.5 Å². The zero-order valence-electron chi connectivity index (χ0n) is 16.8. The fourth-order valence-corrected chi connectivity index (χ4v) is 4.32. The van der Waals surface area contributed by atoms with Crippen molar-refractivity contribution in [3.05, 3.63) is 59.5 Å². The second-order valence-corrected chi connectivity index (χ2v) is 8.45. The minimum absolute atomic E-state index is 0.0942. The molecule has 0 unspecified atom stereocenters. The summed E-state index contributed by atoms with van der Waals surface area (Å²) in [6, 6.07) is 13.3. The Morgan fingerprint density at radius 2 is 1.93 bits per heavy atom. The van der Waals surface area contributed by atoms with Gasteiger partial charge >= 0.3 is 5.97 Å². The molecule has 0 amide bonds. The number of rotatable bonds is 6. The summed E-state index contributed by atoms with van der Waals surface area (Å²) >= 11 is 0. The molecule has 1 aromatic heterocycles. The van der Waals surface area contributed by atoms with Gasteiger partial charge in [-0.25, -0.2) is 4.79 Å². The van der Waals surface area contributed by atoms with Crippen molar-refractivity contribution >= 4 is 5.97 Å². The van der Waals surface area contributed by atoms with Gasteiger partial charge in [0.15, 0.2) is 0 Å². The minimum Gasteiger partial charge on any atom is -0.460 e. The average molecular weight is 386 g/mol. The zero-order chi connectivity index (χ0) is 20.3. The van der Waals surface area contributed by atoms with Gasteiger partial charge in [-0.05, 0) is 41.9 Å². The molecule has 2 N–H and O–H groups in total. The second kappa shape index (κ2) is 8.50. The Labute approximate surface area is 166 Å². The molecule has 28 heavy (non-hydrogen) atoms. The fourth-order valence-electron chi connectivity index (χ4n) is 4.32. The molecule has 0 aliphatic heterocycles. The van der Waals surface area contributed by atoms with Crippen LogP contribution in [0.2, 0.25) is 0 Å². The van der Waals surface area contributed by atoms with Crippen molar-refractivity contribution in [1.29, 1.82) is 0 Å². The summed E-state index contributed by atoms with van der Waals surface area (Å²) in [6.45, 7) is 6.28. The van der Waals surface area contributed by atoms with Crippen molar-refractivity contribution in [3.63, 3.8) is 0 Å². The van der Waals surface area contributed by atoms with Gasteiger partial charge in [0.25, 0.3) is 0 Å². The minimum atomic E-state index is -1.49. The van der Waals surface area contributed by atoms with Crippen LogP contribution in [0.4, 0.5) is 0 Å². The molecule has 1 aliphatic carbocycles. The number of aliphatic hydroxyl groups is 2. The third-order valence-corrected chi connectivity index (χ3v) is 6.10. The number of aliphatic hydroxyl groups excluding tert-OH is 2. The van der Waals surface area contributed by atoms with E-state index in [0.717, 1.165) is 19.3 Å². The highest BCUT2D eigenvalue weighted by Crippen LogP contribution is 2.44. The zero-order valence-corrected chi connectivity index (χ0v) is 16.8. The predicted octanol–water partition coefficient (Wildman–Crippen LogP) is 4.13. The van der Waals surface area contributed by atoms with E-state index in [4.69, 9.17) is 14.3 Å². The predicted molar refractivity (Wildman–Crippen MR) is 105 cm³/mol. The molecule has 1 aliphatic rings. The molecule has 0 bridgehead atoms. The van der Waals surface area contributed by atoms with Crippen molar-refractivity contribution in [2.75, 3.05) is 0 Å². The SMILES string of the molecule is C[C@@H]1CC[C@@H](C(C)(C)c2ccccc2)[C@H](OC(=O)[C@H](O)c2ccc(CO)o2)C1. The Morgan fingerprint density at radius 3 is 2.57 bits per heavy atom. The van der Waals surface area contributed by atoms with E-state index in [1.807, 2.05) is 18.2 Å². The molecule has 0 spiro atoms. The molecule has 4 atom stereocenters. The van der Waals surface area contributed by atoms with E-state index in [1.165, 1.54) is 17.7 Å². The highest BCUT2D eigenvalue weighted by atomic mass is 16.6. The Bertz CT molecular complexity index is 779. The number of furan rings is 1. The first-order valence-corrected chi connectivity index (χ1v) is 9.96. The number of carbonyl (C=O) groups excluding carboxylic acids is 1. The lowest BCUT2D eigenvalue weighted by Gasteiger charge is -2.44. The van der Waals surface area contributed by atoms with E-state index in [9.17, 15) is 9.90 Å². The summed E-state index contributed by atoms with van der Waals surface area (Å²) in [5.41, 5.74) is 1.06. The second-order valence-electron chi connectivity index (χ2n) is 8.45. The molecule has 5 heteroatoms. The maximum atomic E-state index is 12.6. The third kappa shape index (κ3) is 4.31. The van der Waals surface area contributed by atoms with Crippen LogP contribution in [0.15, 0.2) is 46.9 Å². The van der Waals surface area contributed by atoms with Gasteiger partial charge in [0.05, 0.1) is 0 Å². The lowest BCUT2D eigenvalue weighted by molar-refractivity contribution is -0.168. The van der Waals surface area contributed by atoms with Gasteiger partial charge in [-0.15, -0.1) is 0 Å². The van der Waals surface area contributed by atoms with Crippen LogP contribution in [0.3, 0.4) is 0 Å². The summed E-state index contributed by atoms with van der Waals surface area (Å²) in [7, 11) is 0. The van der Waals surface area contributed by atoms with Crippen molar-refractivity contribution in [1.82, 2.24) is 0 Å². The molecule has 3 rings (SSSR count). The van der Waals surface area contributed by atoms with Crippen LogP contribution in [0, 0.1) is 11.8 Å². The fraction of sp³-hybridized carbons (Fsp3) is 0.522. The molecule has 0 saturated heterocycles. The number of hydrogen-bond donors (Lipinski definition) is 2. The summed E-state index contributed by atoms with van der Waals surface area (Å²) in [6.07, 6.45) is 1.08. The van der Waals surface area contributed by atoms with Crippen LogP contribution < -0.4 is 0 Å². The van der Waals surface area contributed by atoms with E-state index < -0.39 is 12.1 Å². The molecule has 5 nitrogen and oxygen atoms in total. The molecule has 1 fully saturated rings. The maximum Gasteiger partial charge on any atom is 0.343 e.